The summed E-state index contributed by atoms with van der Waals surface area (Å²) in [6, 6.07) is -1.05. The number of hydrogen-bond acceptors (Lipinski definition) is 6. The first-order valence-corrected chi connectivity index (χ1v) is 10.3. The van der Waals surface area contributed by atoms with E-state index in [-0.39, 0.29) is 12.4 Å². The lowest BCUT2D eigenvalue weighted by Gasteiger charge is -2.29. The summed E-state index contributed by atoms with van der Waals surface area (Å²) in [4.78, 5) is 40.9. The number of nitrogens with zero attached hydrogens (tertiary/aromatic N) is 2. The molecule has 8 nitrogen and oxygen atoms in total. The van der Waals surface area contributed by atoms with Gasteiger partial charge in [0.2, 0.25) is 0 Å². The van der Waals surface area contributed by atoms with Crippen LogP contribution in [0.3, 0.4) is 0 Å². The Balaban J connectivity index is 1.90. The summed E-state index contributed by atoms with van der Waals surface area (Å²) in [6.45, 7) is 6.12. The van der Waals surface area contributed by atoms with E-state index in [2.05, 4.69) is 13.8 Å². The van der Waals surface area contributed by atoms with Crippen LogP contribution in [0.4, 0.5) is 9.59 Å². The van der Waals surface area contributed by atoms with E-state index in [1.807, 2.05) is 0 Å². The van der Waals surface area contributed by atoms with Crippen molar-refractivity contribution in [3.8, 4) is 0 Å². The van der Waals surface area contributed by atoms with E-state index >= 15 is 0 Å². The minimum Gasteiger partial charge on any atom is -0.449 e. The molecule has 2 aliphatic heterocycles. The summed E-state index contributed by atoms with van der Waals surface area (Å²) in [5, 5.41) is 0. The second-order valence-electron chi connectivity index (χ2n) is 7.86. The smallest absolute Gasteiger partial charge is 0.410 e. The number of amides is 2. The number of ketones is 1. The maximum absolute atomic E-state index is 13.1. The summed E-state index contributed by atoms with van der Waals surface area (Å²) in [6.07, 6.45) is 3.64. The van der Waals surface area contributed by atoms with Crippen LogP contribution in [0.1, 0.15) is 52.4 Å². The first-order chi connectivity index (χ1) is 13.5. The van der Waals surface area contributed by atoms with Crippen molar-refractivity contribution >= 4 is 18.0 Å². The minimum atomic E-state index is -0.533. The van der Waals surface area contributed by atoms with Gasteiger partial charge in [-0.15, -0.1) is 0 Å². The minimum absolute atomic E-state index is 0.0854. The second kappa shape index (κ2) is 11.2. The molecule has 0 aromatic carbocycles. The van der Waals surface area contributed by atoms with E-state index in [4.69, 9.17) is 14.2 Å². The summed E-state index contributed by atoms with van der Waals surface area (Å²) in [7, 11) is 1.53. The lowest BCUT2D eigenvalue weighted by atomic mass is 10.0. The fraction of sp³-hybridized carbons (Fsp3) is 0.850. The van der Waals surface area contributed by atoms with Crippen molar-refractivity contribution in [2.75, 3.05) is 40.0 Å². The molecule has 2 heterocycles. The fourth-order valence-electron chi connectivity index (χ4n) is 3.81. The van der Waals surface area contributed by atoms with Crippen LogP contribution in [-0.2, 0) is 19.0 Å². The Labute approximate surface area is 167 Å². The van der Waals surface area contributed by atoms with Crippen molar-refractivity contribution in [3.05, 3.63) is 0 Å². The zero-order valence-electron chi connectivity index (χ0n) is 17.4. The highest BCUT2D eigenvalue weighted by Gasteiger charge is 2.43. The van der Waals surface area contributed by atoms with Gasteiger partial charge in [-0.2, -0.15) is 0 Å². The van der Waals surface area contributed by atoms with Crippen molar-refractivity contribution in [2.45, 2.75) is 64.5 Å². The molecule has 28 heavy (non-hydrogen) atoms. The second-order valence-corrected chi connectivity index (χ2v) is 7.86. The van der Waals surface area contributed by atoms with E-state index in [9.17, 15) is 14.4 Å². The van der Waals surface area contributed by atoms with Crippen LogP contribution in [-0.4, -0.2) is 79.9 Å². The highest BCUT2D eigenvalue weighted by molar-refractivity contribution is 5.94. The van der Waals surface area contributed by atoms with Crippen molar-refractivity contribution in [2.24, 2.45) is 5.92 Å². The molecule has 2 fully saturated rings. The zero-order valence-corrected chi connectivity index (χ0v) is 17.4. The molecule has 2 aliphatic rings. The molecule has 0 radical (unpaired) electrons. The third kappa shape index (κ3) is 6.09. The zero-order chi connectivity index (χ0) is 20.5. The van der Waals surface area contributed by atoms with Crippen LogP contribution >= 0.6 is 0 Å². The van der Waals surface area contributed by atoms with Crippen molar-refractivity contribution < 1.29 is 28.6 Å². The summed E-state index contributed by atoms with van der Waals surface area (Å²) in [5.41, 5.74) is 0. The number of carbonyl (C=O) groups is 3. The van der Waals surface area contributed by atoms with Gasteiger partial charge >= 0.3 is 12.2 Å². The van der Waals surface area contributed by atoms with Crippen LogP contribution in [0.5, 0.6) is 0 Å². The van der Waals surface area contributed by atoms with Gasteiger partial charge in [-0.05, 0) is 44.4 Å². The molecule has 0 aromatic rings. The predicted molar refractivity (Wildman–Crippen MR) is 103 cm³/mol. The maximum Gasteiger partial charge on any atom is 0.410 e. The number of hydrogen-bond donors (Lipinski definition) is 0. The van der Waals surface area contributed by atoms with Gasteiger partial charge in [0.1, 0.15) is 6.61 Å². The summed E-state index contributed by atoms with van der Waals surface area (Å²) < 4.78 is 15.4. The Morgan fingerprint density at radius 2 is 1.43 bits per heavy atom. The van der Waals surface area contributed by atoms with Crippen LogP contribution in [0, 0.1) is 5.92 Å². The normalized spacial score (nSPS) is 22.0. The summed E-state index contributed by atoms with van der Waals surface area (Å²) >= 11 is 0. The molecule has 2 atom stereocenters. The van der Waals surface area contributed by atoms with Crippen molar-refractivity contribution in [1.82, 2.24) is 9.80 Å². The van der Waals surface area contributed by atoms with Gasteiger partial charge < -0.3 is 14.2 Å². The Morgan fingerprint density at radius 3 is 1.93 bits per heavy atom. The number of rotatable bonds is 9. The molecule has 0 aliphatic carbocycles. The highest BCUT2D eigenvalue weighted by atomic mass is 16.6. The summed E-state index contributed by atoms with van der Waals surface area (Å²) in [5.74, 6) is 0.481. The van der Waals surface area contributed by atoms with Crippen LogP contribution < -0.4 is 0 Å². The Bertz CT molecular complexity index is 539. The lowest BCUT2D eigenvalue weighted by molar-refractivity contribution is -0.127. The van der Waals surface area contributed by atoms with Crippen LogP contribution in [0.15, 0.2) is 0 Å². The Kier molecular flexibility index (Phi) is 9.02. The van der Waals surface area contributed by atoms with E-state index in [1.165, 1.54) is 16.9 Å². The highest BCUT2D eigenvalue weighted by Crippen LogP contribution is 2.27. The molecular formula is C20H34N2O6. The molecule has 2 rings (SSSR count). The SMILES string of the molecule is COCCOC(=O)N1CCCC1C(=O)C1CCCN1C(=O)OCCCC(C)C. The molecule has 0 aromatic heterocycles. The third-order valence-electron chi connectivity index (χ3n) is 5.30. The van der Waals surface area contributed by atoms with E-state index in [0.29, 0.717) is 45.1 Å². The number of carbonyl (C=O) groups excluding carboxylic acids is 3. The number of Topliss-reactive ketones (excluding diaryl/α,β-unsaturated/α-hetero) is 1. The molecule has 2 saturated heterocycles. The van der Waals surface area contributed by atoms with Gasteiger partial charge in [-0.25, -0.2) is 9.59 Å². The number of ether oxygens (including phenoxy) is 3. The molecule has 0 N–H and O–H groups in total. The standard InChI is InChI=1S/C20H34N2O6/c1-15(2)7-6-12-27-19(24)21-10-4-8-16(21)18(23)17-9-5-11-22(17)20(25)28-14-13-26-3/h15-17H,4-14H2,1-3H3. The number of likely N-dealkylation sites (tertiary alicyclic amines) is 2. The predicted octanol–water partition coefficient (Wildman–Crippen LogP) is 2.84. The van der Waals surface area contributed by atoms with Crippen LogP contribution in [0.25, 0.3) is 0 Å². The van der Waals surface area contributed by atoms with Gasteiger partial charge in [0.15, 0.2) is 5.78 Å². The maximum atomic E-state index is 13.1. The molecular weight excluding hydrogens is 364 g/mol. The van der Waals surface area contributed by atoms with Gasteiger partial charge in [-0.1, -0.05) is 13.8 Å². The van der Waals surface area contributed by atoms with Gasteiger partial charge in [-0.3, -0.25) is 14.6 Å². The Morgan fingerprint density at radius 1 is 0.893 bits per heavy atom. The molecule has 2 unspecified atom stereocenters. The number of methoxy groups -OCH3 is 1. The molecule has 160 valence electrons. The quantitative estimate of drug-likeness (QED) is 0.555. The van der Waals surface area contributed by atoms with Gasteiger partial charge in [0.05, 0.1) is 25.3 Å². The van der Waals surface area contributed by atoms with Crippen molar-refractivity contribution in [3.63, 3.8) is 0 Å². The monoisotopic (exact) mass is 398 g/mol. The Hall–Kier alpha value is -1.83. The van der Waals surface area contributed by atoms with E-state index in [1.54, 1.807) is 0 Å². The van der Waals surface area contributed by atoms with Crippen molar-refractivity contribution in [1.29, 1.82) is 0 Å². The average molecular weight is 399 g/mol. The molecule has 0 saturated carbocycles. The molecule has 2 amide bonds. The average Bonchev–Trinajstić information content (AvgIpc) is 3.33. The van der Waals surface area contributed by atoms with Crippen LogP contribution in [0.2, 0.25) is 0 Å². The topological polar surface area (TPSA) is 85.4 Å². The van der Waals surface area contributed by atoms with E-state index < -0.39 is 24.3 Å². The first-order valence-electron chi connectivity index (χ1n) is 10.3. The third-order valence-corrected chi connectivity index (χ3v) is 5.30. The molecule has 0 spiro atoms. The molecule has 8 heteroatoms. The van der Waals surface area contributed by atoms with E-state index in [0.717, 1.165) is 25.7 Å². The molecule has 0 bridgehead atoms. The van der Waals surface area contributed by atoms with Gasteiger partial charge in [0.25, 0.3) is 0 Å². The largest absolute Gasteiger partial charge is 0.449 e. The lowest BCUT2D eigenvalue weighted by Crippen LogP contribution is -2.50. The fourth-order valence-corrected chi connectivity index (χ4v) is 3.81. The first kappa shape index (κ1) is 22.5. The van der Waals surface area contributed by atoms with Gasteiger partial charge in [0, 0.05) is 20.2 Å².